The molecule has 0 unspecified atom stereocenters. The Hall–Kier alpha value is -1.90. The van der Waals surface area contributed by atoms with E-state index in [2.05, 4.69) is 20.0 Å². The molecule has 1 aromatic rings. The van der Waals surface area contributed by atoms with E-state index in [1.54, 1.807) is 13.0 Å². The summed E-state index contributed by atoms with van der Waals surface area (Å²) in [6.07, 6.45) is 0. The van der Waals surface area contributed by atoms with Crippen molar-refractivity contribution in [1.29, 1.82) is 5.26 Å². The lowest BCUT2D eigenvalue weighted by Crippen LogP contribution is -2.23. The Labute approximate surface area is 68.2 Å². The van der Waals surface area contributed by atoms with Crippen molar-refractivity contribution in [3.63, 3.8) is 0 Å². The molecule has 0 aliphatic heterocycles. The van der Waals surface area contributed by atoms with Gasteiger partial charge in [-0.15, -0.1) is 0 Å². The molecule has 0 fully saturated rings. The summed E-state index contributed by atoms with van der Waals surface area (Å²) in [6, 6.07) is 1.75. The number of nitrogens with zero attached hydrogens (tertiary/aromatic N) is 3. The van der Waals surface area contributed by atoms with E-state index in [1.165, 1.54) is 0 Å². The first kappa shape index (κ1) is 8.20. The van der Waals surface area contributed by atoms with Crippen LogP contribution in [-0.4, -0.2) is 22.6 Å². The average Bonchev–Trinajstić information content (AvgIpc) is 2.47. The van der Waals surface area contributed by atoms with E-state index in [9.17, 15) is 4.79 Å². The summed E-state index contributed by atoms with van der Waals surface area (Å²) in [5.41, 5.74) is 0. The maximum atomic E-state index is 11.0. The van der Waals surface area contributed by atoms with Crippen molar-refractivity contribution in [3.05, 3.63) is 11.7 Å². The summed E-state index contributed by atoms with van der Waals surface area (Å²) in [6.45, 7) is 1.53. The van der Waals surface area contributed by atoms with E-state index >= 15 is 0 Å². The van der Waals surface area contributed by atoms with Gasteiger partial charge in [0.25, 0.3) is 0 Å². The van der Waals surface area contributed by atoms with E-state index in [0.29, 0.717) is 5.82 Å². The highest BCUT2D eigenvalue weighted by atomic mass is 16.5. The molecule has 1 heterocycles. The number of hydrogen-bond donors (Lipinski definition) is 1. The van der Waals surface area contributed by atoms with Crippen LogP contribution in [0.25, 0.3) is 0 Å². The Morgan fingerprint density at radius 3 is 3.08 bits per heavy atom. The van der Waals surface area contributed by atoms with Crippen LogP contribution >= 0.6 is 0 Å². The summed E-state index contributed by atoms with van der Waals surface area (Å²) in [4.78, 5) is 14.6. The van der Waals surface area contributed by atoms with Crippen LogP contribution in [0.3, 0.4) is 0 Å². The molecule has 1 aromatic heterocycles. The van der Waals surface area contributed by atoms with Gasteiger partial charge in [0.1, 0.15) is 6.54 Å². The van der Waals surface area contributed by atoms with Gasteiger partial charge in [0, 0.05) is 0 Å². The molecule has 0 atom stereocenters. The van der Waals surface area contributed by atoms with Crippen LogP contribution < -0.4 is 5.32 Å². The lowest BCUT2D eigenvalue weighted by molar-refractivity contribution is 0.0915. The van der Waals surface area contributed by atoms with Crippen molar-refractivity contribution < 1.29 is 9.32 Å². The van der Waals surface area contributed by atoms with Crippen LogP contribution in [0.5, 0.6) is 0 Å². The van der Waals surface area contributed by atoms with Crippen LogP contribution in [-0.2, 0) is 0 Å². The van der Waals surface area contributed by atoms with Gasteiger partial charge in [-0.2, -0.15) is 10.2 Å². The molecule has 12 heavy (non-hydrogen) atoms. The first-order valence-electron chi connectivity index (χ1n) is 3.19. The van der Waals surface area contributed by atoms with Crippen molar-refractivity contribution in [1.82, 2.24) is 15.5 Å². The average molecular weight is 166 g/mol. The number of amides is 1. The molecule has 6 heteroatoms. The highest BCUT2D eigenvalue weighted by Crippen LogP contribution is 1.94. The van der Waals surface area contributed by atoms with Crippen LogP contribution in [0.4, 0.5) is 0 Å². The minimum Gasteiger partial charge on any atom is -0.335 e. The predicted molar refractivity (Wildman–Crippen MR) is 37.0 cm³/mol. The summed E-state index contributed by atoms with van der Waals surface area (Å²) in [7, 11) is 0. The molecule has 1 amide bonds. The Kier molecular flexibility index (Phi) is 2.38. The van der Waals surface area contributed by atoms with E-state index in [0.717, 1.165) is 0 Å². The van der Waals surface area contributed by atoms with Gasteiger partial charge in [-0.1, -0.05) is 5.16 Å². The third kappa shape index (κ3) is 1.79. The van der Waals surface area contributed by atoms with Gasteiger partial charge in [-0.05, 0) is 6.92 Å². The molecule has 0 saturated heterocycles. The number of nitrogens with one attached hydrogen (secondary N) is 1. The normalized spacial score (nSPS) is 9.00. The Balaban J connectivity index is 2.61. The molecular formula is C6H6N4O2. The fourth-order valence-electron chi connectivity index (χ4n) is 0.585. The number of aromatic nitrogens is 2. The Morgan fingerprint density at radius 1 is 1.83 bits per heavy atom. The summed E-state index contributed by atoms with van der Waals surface area (Å²) in [5, 5.41) is 13.8. The predicted octanol–water partition coefficient (Wildman–Crippen LogP) is -0.369. The zero-order valence-electron chi connectivity index (χ0n) is 6.37. The number of carbonyl (C=O) groups excluding carboxylic acids is 1. The van der Waals surface area contributed by atoms with Gasteiger partial charge in [0.05, 0.1) is 6.07 Å². The van der Waals surface area contributed by atoms with Gasteiger partial charge in [0.15, 0.2) is 5.82 Å². The summed E-state index contributed by atoms with van der Waals surface area (Å²) >= 11 is 0. The minimum atomic E-state index is -0.530. The minimum absolute atomic E-state index is 0.0692. The SMILES string of the molecule is Cc1noc(C(=O)NCC#N)n1. The molecule has 0 aromatic carbocycles. The molecule has 0 bridgehead atoms. The van der Waals surface area contributed by atoms with Crippen molar-refractivity contribution in [2.45, 2.75) is 6.92 Å². The molecular weight excluding hydrogens is 160 g/mol. The van der Waals surface area contributed by atoms with Crippen LogP contribution in [0.2, 0.25) is 0 Å². The van der Waals surface area contributed by atoms with Gasteiger partial charge < -0.3 is 9.84 Å². The number of carbonyl (C=O) groups is 1. The summed E-state index contributed by atoms with van der Waals surface area (Å²) in [5.74, 6) is -0.267. The quantitative estimate of drug-likeness (QED) is 0.605. The third-order valence-electron chi connectivity index (χ3n) is 1.05. The van der Waals surface area contributed by atoms with Crippen LogP contribution in [0.1, 0.15) is 16.5 Å². The molecule has 1 N–H and O–H groups in total. The van der Waals surface area contributed by atoms with Crippen LogP contribution in [0, 0.1) is 18.3 Å². The number of hydrogen-bond acceptors (Lipinski definition) is 5. The largest absolute Gasteiger partial charge is 0.335 e. The van der Waals surface area contributed by atoms with Crippen molar-refractivity contribution in [2.24, 2.45) is 0 Å². The number of aryl methyl sites for hydroxylation is 1. The molecule has 0 spiro atoms. The smallest absolute Gasteiger partial charge is 0.315 e. The highest BCUT2D eigenvalue weighted by Gasteiger charge is 2.11. The second kappa shape index (κ2) is 3.48. The monoisotopic (exact) mass is 166 g/mol. The molecule has 1 rings (SSSR count). The van der Waals surface area contributed by atoms with Gasteiger partial charge in [-0.25, -0.2) is 0 Å². The van der Waals surface area contributed by atoms with E-state index in [4.69, 9.17) is 5.26 Å². The van der Waals surface area contributed by atoms with Gasteiger partial charge in [-0.3, -0.25) is 4.79 Å². The second-order valence-electron chi connectivity index (χ2n) is 1.99. The van der Waals surface area contributed by atoms with Gasteiger partial charge >= 0.3 is 11.8 Å². The first-order valence-corrected chi connectivity index (χ1v) is 3.19. The molecule has 0 aliphatic carbocycles. The van der Waals surface area contributed by atoms with Crippen molar-refractivity contribution in [2.75, 3.05) is 6.54 Å². The fraction of sp³-hybridized carbons (Fsp3) is 0.333. The maximum Gasteiger partial charge on any atom is 0.315 e. The van der Waals surface area contributed by atoms with E-state index in [1.807, 2.05) is 0 Å². The third-order valence-corrected chi connectivity index (χ3v) is 1.05. The zero-order chi connectivity index (χ0) is 8.97. The Bertz CT molecular complexity index is 325. The molecule has 6 nitrogen and oxygen atoms in total. The first-order chi connectivity index (χ1) is 5.74. The topological polar surface area (TPSA) is 91.8 Å². The fourth-order valence-corrected chi connectivity index (χ4v) is 0.585. The second-order valence-corrected chi connectivity index (χ2v) is 1.99. The molecule has 0 radical (unpaired) electrons. The highest BCUT2D eigenvalue weighted by molar-refractivity contribution is 5.89. The maximum absolute atomic E-state index is 11.0. The Morgan fingerprint density at radius 2 is 2.58 bits per heavy atom. The van der Waals surface area contributed by atoms with E-state index < -0.39 is 5.91 Å². The lowest BCUT2D eigenvalue weighted by atomic mass is 10.5. The van der Waals surface area contributed by atoms with E-state index in [-0.39, 0.29) is 12.4 Å². The van der Waals surface area contributed by atoms with Gasteiger partial charge in [0.2, 0.25) is 0 Å². The number of nitriles is 1. The molecule has 0 aliphatic rings. The molecule has 0 saturated carbocycles. The standard InChI is InChI=1S/C6H6N4O2/c1-4-9-6(12-10-4)5(11)8-3-2-7/h3H2,1H3,(H,8,11). The van der Waals surface area contributed by atoms with Crippen molar-refractivity contribution in [3.8, 4) is 6.07 Å². The van der Waals surface area contributed by atoms with Crippen LogP contribution in [0.15, 0.2) is 4.52 Å². The lowest BCUT2D eigenvalue weighted by Gasteiger charge is -1.91. The van der Waals surface area contributed by atoms with Crippen molar-refractivity contribution >= 4 is 5.91 Å². The number of rotatable bonds is 2. The molecule has 62 valence electrons. The zero-order valence-corrected chi connectivity index (χ0v) is 6.37. The summed E-state index contributed by atoms with van der Waals surface area (Å²) < 4.78 is 4.54.